The van der Waals surface area contributed by atoms with Crippen molar-refractivity contribution in [2.75, 3.05) is 5.88 Å². The first-order chi connectivity index (χ1) is 9.90. The van der Waals surface area contributed by atoms with E-state index in [1.807, 2.05) is 0 Å². The number of aryl methyl sites for hydroxylation is 1. The highest BCUT2D eigenvalue weighted by molar-refractivity contribution is 6.18. The quantitative estimate of drug-likeness (QED) is 0.621. The zero-order valence-electron chi connectivity index (χ0n) is 13.5. The van der Waals surface area contributed by atoms with E-state index in [4.69, 9.17) is 11.6 Å². The molecular formula is C20H25Cl. The van der Waals surface area contributed by atoms with Gasteiger partial charge in [-0.3, -0.25) is 0 Å². The first kappa shape index (κ1) is 16.1. The molecule has 0 saturated carbocycles. The van der Waals surface area contributed by atoms with E-state index in [-0.39, 0.29) is 5.41 Å². The van der Waals surface area contributed by atoms with Crippen molar-refractivity contribution in [1.82, 2.24) is 0 Å². The fourth-order valence-corrected chi connectivity index (χ4v) is 2.81. The van der Waals surface area contributed by atoms with Crippen LogP contribution < -0.4 is 0 Å². The highest BCUT2D eigenvalue weighted by atomic mass is 35.5. The third-order valence-corrected chi connectivity index (χ3v) is 4.41. The lowest BCUT2D eigenvalue weighted by Crippen LogP contribution is -2.11. The fourth-order valence-electron chi connectivity index (χ4n) is 2.53. The predicted octanol–water partition coefficient (Wildman–Crippen LogP) is 5.86. The van der Waals surface area contributed by atoms with E-state index >= 15 is 0 Å². The zero-order chi connectivity index (χ0) is 15.5. The summed E-state index contributed by atoms with van der Waals surface area (Å²) in [5.74, 6) is 1.04. The van der Waals surface area contributed by atoms with E-state index < -0.39 is 0 Å². The average molecular weight is 301 g/mol. The van der Waals surface area contributed by atoms with Gasteiger partial charge in [0.1, 0.15) is 0 Å². The normalized spacial score (nSPS) is 13.2. The number of rotatable bonds is 4. The van der Waals surface area contributed by atoms with Crippen molar-refractivity contribution in [2.45, 2.75) is 45.4 Å². The maximum absolute atomic E-state index is 6.20. The monoisotopic (exact) mass is 300 g/mol. The maximum Gasteiger partial charge on any atom is 0.0295 e. The summed E-state index contributed by atoms with van der Waals surface area (Å²) >= 11 is 6.20. The minimum absolute atomic E-state index is 0.210. The van der Waals surface area contributed by atoms with Crippen LogP contribution in [0.3, 0.4) is 0 Å². The number of benzene rings is 2. The van der Waals surface area contributed by atoms with Crippen LogP contribution in [-0.2, 0) is 11.8 Å². The van der Waals surface area contributed by atoms with Gasteiger partial charge in [0, 0.05) is 11.8 Å². The Kier molecular flexibility index (Phi) is 5.11. The van der Waals surface area contributed by atoms with Gasteiger partial charge in [0.05, 0.1) is 0 Å². The molecule has 2 rings (SSSR count). The standard InChI is InChI=1S/C20H25Cl/c1-15-5-9-17(10-6-15)18(14-21)13-16-7-11-19(12-8-16)20(2,3)4/h5-12,18H,13-14H2,1-4H3. The molecule has 1 atom stereocenters. The van der Waals surface area contributed by atoms with Gasteiger partial charge in [-0.2, -0.15) is 0 Å². The molecule has 0 heterocycles. The Balaban J connectivity index is 2.13. The van der Waals surface area contributed by atoms with Crippen molar-refractivity contribution in [2.24, 2.45) is 0 Å². The minimum Gasteiger partial charge on any atom is -0.126 e. The van der Waals surface area contributed by atoms with E-state index in [1.165, 1.54) is 22.3 Å². The molecule has 0 N–H and O–H groups in total. The number of hydrogen-bond acceptors (Lipinski definition) is 0. The van der Waals surface area contributed by atoms with Crippen molar-refractivity contribution >= 4 is 11.6 Å². The zero-order valence-corrected chi connectivity index (χ0v) is 14.2. The summed E-state index contributed by atoms with van der Waals surface area (Å²) in [7, 11) is 0. The third-order valence-electron chi connectivity index (χ3n) is 4.04. The molecule has 0 radical (unpaired) electrons. The van der Waals surface area contributed by atoms with Gasteiger partial charge < -0.3 is 0 Å². The second-order valence-corrected chi connectivity index (χ2v) is 7.22. The lowest BCUT2D eigenvalue weighted by atomic mass is 9.85. The Labute approximate surface area is 134 Å². The summed E-state index contributed by atoms with van der Waals surface area (Å²) in [6.45, 7) is 8.85. The summed E-state index contributed by atoms with van der Waals surface area (Å²) < 4.78 is 0. The van der Waals surface area contributed by atoms with Crippen molar-refractivity contribution in [1.29, 1.82) is 0 Å². The molecule has 2 aromatic rings. The molecule has 1 unspecified atom stereocenters. The second kappa shape index (κ2) is 6.66. The molecule has 0 aliphatic carbocycles. The van der Waals surface area contributed by atoms with Crippen LogP contribution in [0, 0.1) is 6.92 Å². The van der Waals surface area contributed by atoms with Gasteiger partial charge >= 0.3 is 0 Å². The number of alkyl halides is 1. The summed E-state index contributed by atoms with van der Waals surface area (Å²) in [5, 5.41) is 0. The Morgan fingerprint density at radius 1 is 0.905 bits per heavy atom. The van der Waals surface area contributed by atoms with Gasteiger partial charge in [0.2, 0.25) is 0 Å². The van der Waals surface area contributed by atoms with E-state index in [2.05, 4.69) is 76.2 Å². The van der Waals surface area contributed by atoms with E-state index in [9.17, 15) is 0 Å². The van der Waals surface area contributed by atoms with Gasteiger partial charge in [-0.05, 0) is 35.4 Å². The summed E-state index contributed by atoms with van der Waals surface area (Å²) in [5.41, 5.74) is 5.57. The van der Waals surface area contributed by atoms with Crippen LogP contribution >= 0.6 is 11.6 Å². The smallest absolute Gasteiger partial charge is 0.0295 e. The third kappa shape index (κ3) is 4.35. The number of hydrogen-bond donors (Lipinski definition) is 0. The lowest BCUT2D eigenvalue weighted by Gasteiger charge is -2.20. The van der Waals surface area contributed by atoms with Crippen LogP contribution in [0.2, 0.25) is 0 Å². The number of halogens is 1. The Morgan fingerprint density at radius 2 is 1.48 bits per heavy atom. The van der Waals surface area contributed by atoms with E-state index in [1.54, 1.807) is 0 Å². The Bertz CT molecular complexity index is 558. The van der Waals surface area contributed by atoms with Crippen LogP contribution in [0.1, 0.15) is 48.9 Å². The van der Waals surface area contributed by atoms with Gasteiger partial charge in [-0.15, -0.1) is 11.6 Å². The molecule has 0 aliphatic heterocycles. The molecule has 0 bridgehead atoms. The van der Waals surface area contributed by atoms with Gasteiger partial charge in [0.15, 0.2) is 0 Å². The van der Waals surface area contributed by atoms with Crippen LogP contribution in [0.5, 0.6) is 0 Å². The van der Waals surface area contributed by atoms with Crippen LogP contribution in [0.4, 0.5) is 0 Å². The average Bonchev–Trinajstić information content (AvgIpc) is 2.45. The molecule has 0 spiro atoms. The Hall–Kier alpha value is -1.27. The van der Waals surface area contributed by atoms with Gasteiger partial charge in [-0.25, -0.2) is 0 Å². The molecule has 1 heteroatoms. The van der Waals surface area contributed by atoms with E-state index in [0.29, 0.717) is 11.8 Å². The first-order valence-electron chi connectivity index (χ1n) is 7.62. The van der Waals surface area contributed by atoms with E-state index in [0.717, 1.165) is 6.42 Å². The molecule has 0 aliphatic rings. The van der Waals surface area contributed by atoms with Crippen molar-refractivity contribution < 1.29 is 0 Å². The molecule has 0 amide bonds. The highest BCUT2D eigenvalue weighted by Crippen LogP contribution is 2.26. The SMILES string of the molecule is Cc1ccc(C(CCl)Cc2ccc(C(C)(C)C)cc2)cc1. The topological polar surface area (TPSA) is 0 Å². The molecule has 0 fully saturated rings. The van der Waals surface area contributed by atoms with Crippen LogP contribution in [-0.4, -0.2) is 5.88 Å². The Morgan fingerprint density at radius 3 is 1.95 bits per heavy atom. The second-order valence-electron chi connectivity index (χ2n) is 6.91. The minimum atomic E-state index is 0.210. The fraction of sp³-hybridized carbons (Fsp3) is 0.400. The molecular weight excluding hydrogens is 276 g/mol. The molecule has 0 aromatic heterocycles. The summed E-state index contributed by atoms with van der Waals surface area (Å²) in [4.78, 5) is 0. The largest absolute Gasteiger partial charge is 0.126 e. The summed E-state index contributed by atoms with van der Waals surface area (Å²) in [6, 6.07) is 17.7. The molecule has 0 nitrogen and oxygen atoms in total. The van der Waals surface area contributed by atoms with Crippen molar-refractivity contribution in [3.63, 3.8) is 0 Å². The molecule has 0 saturated heterocycles. The van der Waals surface area contributed by atoms with Gasteiger partial charge in [0.25, 0.3) is 0 Å². The molecule has 112 valence electrons. The molecule has 2 aromatic carbocycles. The maximum atomic E-state index is 6.20. The van der Waals surface area contributed by atoms with Crippen molar-refractivity contribution in [3.05, 3.63) is 70.8 Å². The first-order valence-corrected chi connectivity index (χ1v) is 8.15. The predicted molar refractivity (Wildman–Crippen MR) is 93.5 cm³/mol. The summed E-state index contributed by atoms with van der Waals surface area (Å²) in [6.07, 6.45) is 0.997. The van der Waals surface area contributed by atoms with Crippen LogP contribution in [0.15, 0.2) is 48.5 Å². The van der Waals surface area contributed by atoms with Crippen molar-refractivity contribution in [3.8, 4) is 0 Å². The van der Waals surface area contributed by atoms with Crippen LogP contribution in [0.25, 0.3) is 0 Å². The highest BCUT2D eigenvalue weighted by Gasteiger charge is 2.15. The molecule has 21 heavy (non-hydrogen) atoms. The van der Waals surface area contributed by atoms with Gasteiger partial charge in [-0.1, -0.05) is 74.9 Å². The lowest BCUT2D eigenvalue weighted by molar-refractivity contribution is 0.589.